The number of hydrogen-bond donors (Lipinski definition) is 2. The second-order valence-corrected chi connectivity index (χ2v) is 6.72. The Balaban J connectivity index is 2.46. The van der Waals surface area contributed by atoms with Crippen LogP contribution in [0, 0.1) is 0 Å². The van der Waals surface area contributed by atoms with E-state index in [4.69, 9.17) is 34.8 Å². The van der Waals surface area contributed by atoms with Gasteiger partial charge >= 0.3 is 0 Å². The van der Waals surface area contributed by atoms with E-state index in [2.05, 4.69) is 9.71 Å². The van der Waals surface area contributed by atoms with Gasteiger partial charge in [0.25, 0.3) is 10.0 Å². The largest absolute Gasteiger partial charge is 0.364 e. The second kappa shape index (κ2) is 5.65. The van der Waals surface area contributed by atoms with Crippen molar-refractivity contribution in [3.8, 4) is 0 Å². The van der Waals surface area contributed by atoms with Gasteiger partial charge in [0.05, 0.1) is 4.90 Å². The number of pyridine rings is 1. The summed E-state index contributed by atoms with van der Waals surface area (Å²) in [5.74, 6) is 0. The highest BCUT2D eigenvalue weighted by Crippen LogP contribution is 2.23. The lowest BCUT2D eigenvalue weighted by Crippen LogP contribution is -2.19. The van der Waals surface area contributed by atoms with Gasteiger partial charge in [0, 0.05) is 22.4 Å². The molecule has 0 saturated carbocycles. The van der Waals surface area contributed by atoms with Crippen molar-refractivity contribution in [1.29, 1.82) is 0 Å². The number of sulfonamides is 1. The number of benzene rings is 1. The lowest BCUT2D eigenvalue weighted by Gasteiger charge is -2.08. The quantitative estimate of drug-likeness (QED) is 0.889. The first-order valence-electron chi connectivity index (χ1n) is 5.15. The smallest absolute Gasteiger partial charge is 0.262 e. The molecule has 0 fully saturated rings. The summed E-state index contributed by atoms with van der Waals surface area (Å²) in [7, 11) is -4.00. The molecule has 5 nitrogen and oxygen atoms in total. The van der Waals surface area contributed by atoms with Gasteiger partial charge in [-0.1, -0.05) is 34.8 Å². The third kappa shape index (κ3) is 3.27. The first-order valence-corrected chi connectivity index (χ1v) is 7.77. The minimum Gasteiger partial charge on any atom is -0.364 e. The highest BCUT2D eigenvalue weighted by molar-refractivity contribution is 7.92. The number of aromatic nitrogens is 1. The summed E-state index contributed by atoms with van der Waals surface area (Å²) in [5, 5.41) is 0.199. The van der Waals surface area contributed by atoms with Gasteiger partial charge in [-0.15, -0.1) is 0 Å². The predicted octanol–water partition coefficient (Wildman–Crippen LogP) is 3.14. The molecule has 20 heavy (non-hydrogen) atoms. The molecule has 2 aromatic rings. The summed E-state index contributed by atoms with van der Waals surface area (Å²) in [6.07, 6.45) is 2.44. The van der Waals surface area contributed by atoms with Crippen LogP contribution in [0.1, 0.15) is 0 Å². The van der Waals surface area contributed by atoms with Crippen LogP contribution in [0.2, 0.25) is 15.1 Å². The summed E-state index contributed by atoms with van der Waals surface area (Å²) in [6, 6.07) is 3.83. The van der Waals surface area contributed by atoms with Crippen molar-refractivity contribution in [2.45, 2.75) is 4.90 Å². The predicted molar refractivity (Wildman–Crippen MR) is 79.3 cm³/mol. The molecule has 0 aliphatic carbocycles. The average molecular weight is 354 g/mol. The molecule has 0 spiro atoms. The highest BCUT2D eigenvalue weighted by atomic mass is 35.5. The van der Waals surface area contributed by atoms with E-state index in [-0.39, 0.29) is 25.7 Å². The zero-order chi connectivity index (χ0) is 14.9. The number of anilines is 1. The number of nitrogens with one attached hydrogen (secondary N) is 2. The van der Waals surface area contributed by atoms with E-state index in [1.54, 1.807) is 0 Å². The number of halogens is 3. The van der Waals surface area contributed by atoms with Gasteiger partial charge in [0.2, 0.25) is 5.43 Å². The molecule has 0 amide bonds. The Bertz CT molecular complexity index is 798. The number of H-pyrrole nitrogens is 1. The fourth-order valence-electron chi connectivity index (χ4n) is 1.42. The Morgan fingerprint density at radius 1 is 1.00 bits per heavy atom. The van der Waals surface area contributed by atoms with Crippen molar-refractivity contribution >= 4 is 50.5 Å². The van der Waals surface area contributed by atoms with E-state index in [1.807, 2.05) is 0 Å². The Kier molecular flexibility index (Phi) is 4.29. The van der Waals surface area contributed by atoms with Gasteiger partial charge < -0.3 is 4.98 Å². The maximum absolute atomic E-state index is 12.1. The SMILES string of the molecule is O=c1c(Cl)c[nH]cc1NS(=O)(=O)c1cc(Cl)cc(Cl)c1. The molecule has 0 aliphatic heterocycles. The molecule has 106 valence electrons. The molecule has 1 aromatic carbocycles. The van der Waals surface area contributed by atoms with Crippen molar-refractivity contribution in [1.82, 2.24) is 4.98 Å². The lowest BCUT2D eigenvalue weighted by atomic mass is 10.4. The molecular weight excluding hydrogens is 347 g/mol. The normalized spacial score (nSPS) is 11.3. The molecule has 0 radical (unpaired) electrons. The van der Waals surface area contributed by atoms with Gasteiger partial charge in [-0.25, -0.2) is 8.42 Å². The van der Waals surface area contributed by atoms with Gasteiger partial charge in [0.15, 0.2) is 0 Å². The van der Waals surface area contributed by atoms with E-state index in [9.17, 15) is 13.2 Å². The summed E-state index contributed by atoms with van der Waals surface area (Å²) in [6.45, 7) is 0. The van der Waals surface area contributed by atoms with Gasteiger partial charge in [-0.2, -0.15) is 0 Å². The van der Waals surface area contributed by atoms with E-state index >= 15 is 0 Å². The molecule has 2 rings (SSSR count). The van der Waals surface area contributed by atoms with E-state index in [0.29, 0.717) is 0 Å². The number of rotatable bonds is 3. The fourth-order valence-corrected chi connectivity index (χ4v) is 3.36. The molecule has 0 bridgehead atoms. The Morgan fingerprint density at radius 3 is 2.20 bits per heavy atom. The van der Waals surface area contributed by atoms with Crippen LogP contribution in [0.3, 0.4) is 0 Å². The van der Waals surface area contributed by atoms with Crippen molar-refractivity contribution in [3.63, 3.8) is 0 Å². The monoisotopic (exact) mass is 352 g/mol. The van der Waals surface area contributed by atoms with Gasteiger partial charge in [-0.05, 0) is 18.2 Å². The topological polar surface area (TPSA) is 79.0 Å². The maximum atomic E-state index is 12.1. The fraction of sp³-hybridized carbons (Fsp3) is 0. The molecular formula is C11H7Cl3N2O3S. The first-order chi connectivity index (χ1) is 9.29. The number of aromatic amines is 1. The van der Waals surface area contributed by atoms with E-state index in [0.717, 1.165) is 0 Å². The number of hydrogen-bond acceptors (Lipinski definition) is 3. The molecule has 0 aliphatic rings. The summed E-state index contributed by atoms with van der Waals surface area (Å²) >= 11 is 17.1. The van der Waals surface area contributed by atoms with Crippen LogP contribution < -0.4 is 10.2 Å². The molecule has 0 atom stereocenters. The van der Waals surface area contributed by atoms with Crippen LogP contribution >= 0.6 is 34.8 Å². The van der Waals surface area contributed by atoms with Crippen LogP contribution in [0.25, 0.3) is 0 Å². The van der Waals surface area contributed by atoms with Gasteiger partial charge in [-0.3, -0.25) is 9.52 Å². The molecule has 0 unspecified atom stereocenters. The standard InChI is InChI=1S/C11H7Cl3N2O3S/c12-6-1-7(13)3-8(2-6)20(18,19)16-10-5-15-4-9(14)11(10)17/h1-5,16H,(H,15,17). The minimum atomic E-state index is -4.00. The van der Waals surface area contributed by atoms with Gasteiger partial charge in [0.1, 0.15) is 10.7 Å². The van der Waals surface area contributed by atoms with Crippen LogP contribution in [0.15, 0.2) is 40.3 Å². The zero-order valence-electron chi connectivity index (χ0n) is 9.65. The molecule has 1 heterocycles. The minimum absolute atomic E-state index is 0.130. The third-order valence-electron chi connectivity index (χ3n) is 2.29. The van der Waals surface area contributed by atoms with Crippen LogP contribution in [0.4, 0.5) is 5.69 Å². The average Bonchev–Trinajstić information content (AvgIpc) is 2.33. The van der Waals surface area contributed by atoms with E-state index in [1.165, 1.54) is 30.6 Å². The summed E-state index contributed by atoms with van der Waals surface area (Å²) in [5.41, 5.74) is -0.837. The maximum Gasteiger partial charge on any atom is 0.262 e. The molecule has 1 aromatic heterocycles. The van der Waals surface area contributed by atoms with Crippen LogP contribution in [-0.4, -0.2) is 13.4 Å². The van der Waals surface area contributed by atoms with E-state index < -0.39 is 15.5 Å². The Morgan fingerprint density at radius 2 is 1.60 bits per heavy atom. The highest BCUT2D eigenvalue weighted by Gasteiger charge is 2.17. The van der Waals surface area contributed by atoms with Crippen molar-refractivity contribution in [3.05, 3.63) is 55.9 Å². The van der Waals surface area contributed by atoms with Crippen molar-refractivity contribution < 1.29 is 8.42 Å². The summed E-state index contributed by atoms with van der Waals surface area (Å²) in [4.78, 5) is 14.1. The van der Waals surface area contributed by atoms with Crippen LogP contribution in [0.5, 0.6) is 0 Å². The third-order valence-corrected chi connectivity index (χ3v) is 4.35. The van der Waals surface area contributed by atoms with Crippen molar-refractivity contribution in [2.24, 2.45) is 0 Å². The van der Waals surface area contributed by atoms with Crippen molar-refractivity contribution in [2.75, 3.05) is 4.72 Å². The summed E-state index contributed by atoms with van der Waals surface area (Å²) < 4.78 is 26.4. The molecule has 2 N–H and O–H groups in total. The second-order valence-electron chi connectivity index (χ2n) is 3.76. The Hall–Kier alpha value is -1.21. The zero-order valence-corrected chi connectivity index (χ0v) is 12.7. The first kappa shape index (κ1) is 15.2. The van der Waals surface area contributed by atoms with Crippen LogP contribution in [-0.2, 0) is 10.0 Å². The molecule has 9 heteroatoms. The molecule has 0 saturated heterocycles. The Labute approximate surface area is 129 Å². The lowest BCUT2D eigenvalue weighted by molar-refractivity contribution is 0.601.